The maximum atomic E-state index is 14.1. The molecule has 1 amide bonds. The highest BCUT2D eigenvalue weighted by atomic mass is 19.4. The van der Waals surface area contributed by atoms with Gasteiger partial charge in [0.25, 0.3) is 0 Å². The van der Waals surface area contributed by atoms with Crippen LogP contribution in [0, 0.1) is 36.0 Å². The van der Waals surface area contributed by atoms with Gasteiger partial charge in [0.05, 0.1) is 43.7 Å². The monoisotopic (exact) mass is 562 g/mol. The molecule has 6 atom stereocenters. The van der Waals surface area contributed by atoms with Crippen molar-refractivity contribution in [1.29, 1.82) is 0 Å². The van der Waals surface area contributed by atoms with Crippen molar-refractivity contribution in [3.63, 3.8) is 0 Å². The van der Waals surface area contributed by atoms with Crippen LogP contribution in [0.2, 0.25) is 0 Å². The first kappa shape index (κ1) is 28.1. The molecule has 2 aromatic rings. The summed E-state index contributed by atoms with van der Waals surface area (Å²) in [6, 6.07) is 3.82. The summed E-state index contributed by atoms with van der Waals surface area (Å²) in [4.78, 5) is 37.3. The number of amides is 1. The highest BCUT2D eigenvalue weighted by molar-refractivity contribution is 5.89. The van der Waals surface area contributed by atoms with Crippen molar-refractivity contribution in [1.82, 2.24) is 14.9 Å². The summed E-state index contributed by atoms with van der Waals surface area (Å²) in [7, 11) is 1.44. The van der Waals surface area contributed by atoms with E-state index in [0.717, 1.165) is 12.1 Å². The Morgan fingerprint density at radius 2 is 1.80 bits per heavy atom. The molecular formula is C28H33F3N4O5. The first-order chi connectivity index (χ1) is 18.7. The Morgan fingerprint density at radius 1 is 1.12 bits per heavy atom. The van der Waals surface area contributed by atoms with Gasteiger partial charge >= 0.3 is 12.1 Å². The first-order valence-corrected chi connectivity index (χ1v) is 13.2. The smallest absolute Gasteiger partial charge is 0.416 e. The van der Waals surface area contributed by atoms with Gasteiger partial charge in [-0.05, 0) is 42.4 Å². The molecule has 0 bridgehead atoms. The van der Waals surface area contributed by atoms with Crippen LogP contribution in [0.15, 0.2) is 30.3 Å². The first-order valence-electron chi connectivity index (χ1n) is 13.2. The molecule has 9 nitrogen and oxygen atoms in total. The lowest BCUT2D eigenvalue weighted by Gasteiger charge is -2.35. The van der Waals surface area contributed by atoms with Gasteiger partial charge in [0.15, 0.2) is 0 Å². The minimum Gasteiger partial charge on any atom is -0.481 e. The quantitative estimate of drug-likeness (QED) is 0.539. The summed E-state index contributed by atoms with van der Waals surface area (Å²) in [6.45, 7) is 7.91. The van der Waals surface area contributed by atoms with E-state index in [1.807, 2.05) is 20.8 Å². The number of hydrogen-bond donors (Lipinski definition) is 2. The van der Waals surface area contributed by atoms with Gasteiger partial charge in [0.1, 0.15) is 11.9 Å². The number of carboxylic acids is 1. The van der Waals surface area contributed by atoms with Gasteiger partial charge in [-0.15, -0.1) is 0 Å². The molecule has 2 aliphatic heterocycles. The maximum Gasteiger partial charge on any atom is 0.416 e. The maximum absolute atomic E-state index is 14.1. The fraction of sp³-hybridized carbons (Fsp3) is 0.571. The number of pyridine rings is 2. The molecule has 0 radical (unpaired) electrons. The second kappa shape index (κ2) is 9.90. The predicted octanol–water partition coefficient (Wildman–Crippen LogP) is 4.18. The fourth-order valence-electron chi connectivity index (χ4n) is 6.53. The van der Waals surface area contributed by atoms with E-state index in [9.17, 15) is 27.9 Å². The predicted molar refractivity (Wildman–Crippen MR) is 137 cm³/mol. The molecule has 216 valence electrons. The van der Waals surface area contributed by atoms with Crippen LogP contribution in [0.3, 0.4) is 0 Å². The van der Waals surface area contributed by atoms with E-state index < -0.39 is 47.2 Å². The normalized spacial score (nSPS) is 29.7. The van der Waals surface area contributed by atoms with Gasteiger partial charge in [-0.2, -0.15) is 13.2 Å². The van der Waals surface area contributed by atoms with Gasteiger partial charge in [-0.1, -0.05) is 26.8 Å². The molecule has 2 N–H and O–H groups in total. The standard InChI is InChI=1S/C28H33F3N4O5/c1-13-9-14(28(29,30)31)10-18(32-13)34-22-21(27(2,3)4)24(26(37)38)35(25(36)20-15-11-40-12-16(15)20)23(22)17-7-6-8-19(33-17)39-5/h6-10,15-16,20-24H,11-12H2,1-5H3,(H,32,34)(H,37,38)/t15?,16?,20?,21-,22-,23-,24-/m1/s1. The number of aryl methyl sites for hydroxylation is 1. The summed E-state index contributed by atoms with van der Waals surface area (Å²) in [5, 5.41) is 13.7. The lowest BCUT2D eigenvalue weighted by Crippen LogP contribution is -2.48. The number of aromatic nitrogens is 2. The van der Waals surface area contributed by atoms with Crippen LogP contribution < -0.4 is 10.1 Å². The van der Waals surface area contributed by atoms with Gasteiger partial charge < -0.3 is 24.8 Å². The molecule has 0 aromatic carbocycles. The van der Waals surface area contributed by atoms with E-state index in [4.69, 9.17) is 9.47 Å². The van der Waals surface area contributed by atoms with Crippen LogP contribution in [0.4, 0.5) is 19.0 Å². The average molecular weight is 563 g/mol. The van der Waals surface area contributed by atoms with Crippen molar-refractivity contribution in [3.8, 4) is 5.88 Å². The van der Waals surface area contributed by atoms with Gasteiger partial charge in [-0.3, -0.25) is 4.79 Å². The zero-order valence-electron chi connectivity index (χ0n) is 22.9. The minimum atomic E-state index is -4.60. The minimum absolute atomic E-state index is 0.0220. The van der Waals surface area contributed by atoms with Crippen molar-refractivity contribution >= 4 is 17.7 Å². The largest absolute Gasteiger partial charge is 0.481 e. The molecule has 4 heterocycles. The number of carbonyl (C=O) groups excluding carboxylic acids is 1. The van der Waals surface area contributed by atoms with Gasteiger partial charge in [0, 0.05) is 23.6 Å². The second-order valence-electron chi connectivity index (χ2n) is 11.9. The van der Waals surface area contributed by atoms with E-state index in [1.54, 1.807) is 18.2 Å². The molecule has 12 heteroatoms. The van der Waals surface area contributed by atoms with Crippen molar-refractivity contribution in [2.45, 2.75) is 52.0 Å². The van der Waals surface area contributed by atoms with E-state index >= 15 is 0 Å². The van der Waals surface area contributed by atoms with Crippen LogP contribution in [0.5, 0.6) is 5.88 Å². The lowest BCUT2D eigenvalue weighted by atomic mass is 9.73. The zero-order chi connectivity index (χ0) is 29.1. The number of carbonyl (C=O) groups is 2. The Bertz CT molecular complexity index is 1300. The molecular weight excluding hydrogens is 529 g/mol. The molecule has 1 aliphatic carbocycles. The number of hydrogen-bond acceptors (Lipinski definition) is 7. The highest BCUT2D eigenvalue weighted by Crippen LogP contribution is 2.56. The fourth-order valence-corrected chi connectivity index (χ4v) is 6.53. The number of fused-ring (bicyclic) bond motifs is 1. The average Bonchev–Trinajstić information content (AvgIpc) is 3.18. The van der Waals surface area contributed by atoms with Crippen LogP contribution >= 0.6 is 0 Å². The number of carboxylic acid groups (broad SMARTS) is 1. The summed E-state index contributed by atoms with van der Waals surface area (Å²) < 4.78 is 51.8. The van der Waals surface area contributed by atoms with Crippen molar-refractivity contribution in [2.24, 2.45) is 29.1 Å². The molecule has 2 saturated heterocycles. The third-order valence-corrected chi connectivity index (χ3v) is 8.26. The Morgan fingerprint density at radius 3 is 2.38 bits per heavy atom. The number of nitrogens with zero attached hydrogens (tertiary/aromatic N) is 3. The molecule has 1 saturated carbocycles. The van der Waals surface area contributed by atoms with Gasteiger partial charge in [0.2, 0.25) is 11.8 Å². The van der Waals surface area contributed by atoms with Crippen molar-refractivity contribution in [3.05, 3.63) is 47.3 Å². The number of rotatable bonds is 6. The Balaban J connectivity index is 1.66. The summed E-state index contributed by atoms with van der Waals surface area (Å²) in [6.07, 6.45) is -4.60. The lowest BCUT2D eigenvalue weighted by molar-refractivity contribution is -0.153. The van der Waals surface area contributed by atoms with Crippen LogP contribution in [-0.4, -0.2) is 64.3 Å². The number of ether oxygens (including phenoxy) is 2. The number of aliphatic carboxylic acids is 1. The highest BCUT2D eigenvalue weighted by Gasteiger charge is 2.65. The molecule has 3 aliphatic rings. The molecule has 5 rings (SSSR count). The second-order valence-corrected chi connectivity index (χ2v) is 11.9. The van der Waals surface area contributed by atoms with Gasteiger partial charge in [-0.25, -0.2) is 14.8 Å². The van der Waals surface area contributed by atoms with E-state index in [0.29, 0.717) is 18.9 Å². The topological polar surface area (TPSA) is 114 Å². The third kappa shape index (κ3) is 4.97. The molecule has 2 aromatic heterocycles. The molecule has 40 heavy (non-hydrogen) atoms. The molecule has 0 spiro atoms. The van der Waals surface area contributed by atoms with E-state index in [1.165, 1.54) is 18.9 Å². The van der Waals surface area contributed by atoms with Crippen LogP contribution in [0.1, 0.15) is 43.8 Å². The number of halogens is 3. The third-order valence-electron chi connectivity index (χ3n) is 8.26. The molecule has 2 unspecified atom stereocenters. The van der Waals surface area contributed by atoms with Crippen LogP contribution in [0.25, 0.3) is 0 Å². The Kier molecular flexibility index (Phi) is 6.96. The number of anilines is 1. The summed E-state index contributed by atoms with van der Waals surface area (Å²) >= 11 is 0. The number of nitrogens with one attached hydrogen (secondary N) is 1. The Labute approximate surface area is 230 Å². The SMILES string of the molecule is COc1cccc([C@@H]2[C@H](Nc3cc(C(F)(F)F)cc(C)n3)[C@@H](C(C)(C)C)[C@H](C(=O)O)N2C(=O)C2C3COCC32)n1. The number of likely N-dealkylation sites (tertiary alicyclic amines) is 1. The van der Waals surface area contributed by atoms with E-state index in [2.05, 4.69) is 15.3 Å². The summed E-state index contributed by atoms with van der Waals surface area (Å²) in [5.41, 5.74) is -1.05. The van der Waals surface area contributed by atoms with Crippen molar-refractivity contribution in [2.75, 3.05) is 25.6 Å². The summed E-state index contributed by atoms with van der Waals surface area (Å²) in [5.74, 6) is -2.36. The number of methoxy groups -OCH3 is 1. The van der Waals surface area contributed by atoms with Crippen LogP contribution in [-0.2, 0) is 20.5 Å². The van der Waals surface area contributed by atoms with Crippen molar-refractivity contribution < 1.29 is 37.3 Å². The Hall–Kier alpha value is -3.41. The molecule has 3 fully saturated rings. The zero-order valence-corrected chi connectivity index (χ0v) is 22.9. The number of alkyl halides is 3. The van der Waals surface area contributed by atoms with E-state index in [-0.39, 0.29) is 41.1 Å².